The van der Waals surface area contributed by atoms with Crippen molar-refractivity contribution in [3.8, 4) is 5.75 Å². The van der Waals surface area contributed by atoms with Crippen molar-refractivity contribution in [2.24, 2.45) is 5.92 Å². The summed E-state index contributed by atoms with van der Waals surface area (Å²) >= 11 is 0. The lowest BCUT2D eigenvalue weighted by Gasteiger charge is -2.50. The van der Waals surface area contributed by atoms with Crippen LogP contribution in [0, 0.1) is 19.8 Å². The molecule has 6 nitrogen and oxygen atoms in total. The first-order chi connectivity index (χ1) is 13.9. The van der Waals surface area contributed by atoms with Crippen LogP contribution >= 0.6 is 9.47 Å². The molecule has 0 radical (unpaired) electrons. The Labute approximate surface area is 174 Å². The molecule has 4 rings (SSSR count). The summed E-state index contributed by atoms with van der Waals surface area (Å²) in [4.78, 5) is 11.9. The molecule has 2 aliphatic rings. The van der Waals surface area contributed by atoms with Gasteiger partial charge in [-0.25, -0.2) is 4.79 Å². The summed E-state index contributed by atoms with van der Waals surface area (Å²) in [7, 11) is 4.08. The molecule has 0 N–H and O–H groups in total. The second kappa shape index (κ2) is 7.99. The van der Waals surface area contributed by atoms with Crippen molar-refractivity contribution in [3.63, 3.8) is 0 Å². The normalized spacial score (nSPS) is 28.9. The first-order valence-corrected chi connectivity index (χ1v) is 10.6. The predicted octanol–water partition coefficient (Wildman–Crippen LogP) is 4.53. The second-order valence-electron chi connectivity index (χ2n) is 8.31. The Hall–Kier alpha value is -1.46. The molecule has 1 aliphatic heterocycles. The first kappa shape index (κ1) is 20.8. The Kier molecular flexibility index (Phi) is 5.73. The van der Waals surface area contributed by atoms with Crippen molar-refractivity contribution in [3.05, 3.63) is 39.7 Å². The van der Waals surface area contributed by atoms with Gasteiger partial charge in [-0.3, -0.25) is 0 Å². The molecule has 0 amide bonds. The van der Waals surface area contributed by atoms with E-state index >= 15 is 0 Å². The molecule has 7 heteroatoms. The molecule has 1 saturated carbocycles. The van der Waals surface area contributed by atoms with Gasteiger partial charge in [0.05, 0.1) is 11.7 Å². The lowest BCUT2D eigenvalue weighted by Crippen LogP contribution is -2.62. The average Bonchev–Trinajstić information content (AvgIpc) is 3.13. The van der Waals surface area contributed by atoms with Crippen molar-refractivity contribution >= 4 is 20.4 Å². The molecule has 160 valence electrons. The van der Waals surface area contributed by atoms with Crippen LogP contribution in [0.5, 0.6) is 5.75 Å². The Morgan fingerprint density at radius 1 is 1.24 bits per heavy atom. The van der Waals surface area contributed by atoms with Gasteiger partial charge >= 0.3 is 5.63 Å². The molecular formula is C22H31O6P. The summed E-state index contributed by atoms with van der Waals surface area (Å²) in [6, 6.07) is 5.32. The summed E-state index contributed by atoms with van der Waals surface area (Å²) in [5.74, 6) is 0.717. The minimum absolute atomic E-state index is 0. The van der Waals surface area contributed by atoms with Crippen LogP contribution in [0.25, 0.3) is 11.0 Å². The van der Waals surface area contributed by atoms with Gasteiger partial charge in [0.1, 0.15) is 17.4 Å². The summed E-state index contributed by atoms with van der Waals surface area (Å²) in [5, 5.41) is 0.901. The van der Waals surface area contributed by atoms with Crippen molar-refractivity contribution in [2.45, 2.75) is 70.6 Å². The van der Waals surface area contributed by atoms with E-state index < -0.39 is 6.29 Å². The van der Waals surface area contributed by atoms with Gasteiger partial charge in [-0.2, -0.15) is 0 Å². The standard InChI is InChI=1S/C22H29O6P.H2/c1-12-11-17(23)26-18-13(2)16(8-7-15(12)18)25-21-19(28-29)14(3)20(24-4)22(27-21)9-5-6-10-22;/h7-8,11,14,19-21H,5-6,9-10,29H2,1-4H3;1H/t14-,19?,20+,21+;/m0./s1/i;1+2. The van der Waals surface area contributed by atoms with E-state index in [1.165, 1.54) is 6.07 Å². The molecule has 1 aromatic heterocycles. The molecular weight excluding hydrogens is 391 g/mol. The van der Waals surface area contributed by atoms with Gasteiger partial charge in [0.25, 0.3) is 0 Å². The smallest absolute Gasteiger partial charge is 0.336 e. The van der Waals surface area contributed by atoms with E-state index in [1.54, 1.807) is 7.11 Å². The lowest BCUT2D eigenvalue weighted by atomic mass is 9.80. The summed E-state index contributed by atoms with van der Waals surface area (Å²) in [5.41, 5.74) is 1.48. The van der Waals surface area contributed by atoms with Crippen molar-refractivity contribution in [1.29, 1.82) is 0 Å². The van der Waals surface area contributed by atoms with Gasteiger partial charge < -0.3 is 23.2 Å². The zero-order valence-electron chi connectivity index (χ0n) is 17.4. The van der Waals surface area contributed by atoms with Gasteiger partial charge in [-0.05, 0) is 44.4 Å². The van der Waals surface area contributed by atoms with Crippen LogP contribution in [-0.4, -0.2) is 31.2 Å². The number of hydrogen-bond donors (Lipinski definition) is 0. The topological polar surface area (TPSA) is 67.1 Å². The average molecular weight is 424 g/mol. The van der Waals surface area contributed by atoms with E-state index in [2.05, 4.69) is 16.4 Å². The number of ether oxygens (including phenoxy) is 3. The minimum Gasteiger partial charge on any atom is -0.462 e. The fourth-order valence-corrected chi connectivity index (χ4v) is 5.48. The van der Waals surface area contributed by atoms with Crippen LogP contribution in [0.15, 0.2) is 27.4 Å². The highest BCUT2D eigenvalue weighted by atomic mass is 31.0. The molecule has 29 heavy (non-hydrogen) atoms. The molecule has 1 aromatic carbocycles. The molecule has 5 atom stereocenters. The van der Waals surface area contributed by atoms with Gasteiger partial charge in [-0.1, -0.05) is 19.8 Å². The predicted molar refractivity (Wildman–Crippen MR) is 115 cm³/mol. The van der Waals surface area contributed by atoms with E-state index in [0.29, 0.717) is 11.3 Å². The molecule has 0 bridgehead atoms. The van der Waals surface area contributed by atoms with Crippen LogP contribution in [0.2, 0.25) is 0 Å². The highest BCUT2D eigenvalue weighted by Crippen LogP contribution is 2.47. The molecule has 2 fully saturated rings. The van der Waals surface area contributed by atoms with Crippen molar-refractivity contribution < 1.29 is 24.6 Å². The molecule has 2 unspecified atom stereocenters. The lowest BCUT2D eigenvalue weighted by molar-refractivity contribution is -0.293. The second-order valence-corrected chi connectivity index (χ2v) is 8.58. The zero-order valence-corrected chi connectivity index (χ0v) is 18.6. The molecule has 1 aliphatic carbocycles. The maximum atomic E-state index is 11.9. The maximum absolute atomic E-state index is 11.9. The number of methoxy groups -OCH3 is 1. The number of rotatable bonds is 4. The fourth-order valence-electron chi connectivity index (χ4n) is 5.10. The number of hydrogen-bond acceptors (Lipinski definition) is 6. The Morgan fingerprint density at radius 3 is 2.62 bits per heavy atom. The third-order valence-corrected chi connectivity index (χ3v) is 6.87. The van der Waals surface area contributed by atoms with E-state index in [1.807, 2.05) is 26.0 Å². The number of benzene rings is 1. The molecule has 2 aromatic rings. The number of fused-ring (bicyclic) bond motifs is 1. The first-order valence-electron chi connectivity index (χ1n) is 10.2. The van der Waals surface area contributed by atoms with E-state index in [-0.39, 0.29) is 30.8 Å². The van der Waals surface area contributed by atoms with Crippen LogP contribution in [-0.2, 0) is 14.0 Å². The van der Waals surface area contributed by atoms with Crippen LogP contribution in [0.1, 0.15) is 45.2 Å². The minimum atomic E-state index is -0.584. The van der Waals surface area contributed by atoms with E-state index in [4.69, 9.17) is 23.2 Å². The third-order valence-electron chi connectivity index (χ3n) is 6.56. The fraction of sp³-hybridized carbons (Fsp3) is 0.591. The van der Waals surface area contributed by atoms with Gasteiger partial charge in [0.15, 0.2) is 0 Å². The van der Waals surface area contributed by atoms with Gasteiger partial charge in [0.2, 0.25) is 6.29 Å². The third kappa shape index (κ3) is 3.50. The van der Waals surface area contributed by atoms with E-state index in [9.17, 15) is 4.79 Å². The highest BCUT2D eigenvalue weighted by Gasteiger charge is 2.55. The van der Waals surface area contributed by atoms with Gasteiger partial charge in [0, 0.05) is 40.9 Å². The van der Waals surface area contributed by atoms with E-state index in [0.717, 1.165) is 42.2 Å². The SMILES string of the molecule is CO[C@@H]1[C@@H](C)C(OP)[C@H](Oc2ccc3c(C)cc(=O)oc3c2C)OC12CCCC2.[3HH]. The monoisotopic (exact) mass is 424 g/mol. The molecule has 1 saturated heterocycles. The van der Waals surface area contributed by atoms with Crippen molar-refractivity contribution in [1.82, 2.24) is 0 Å². The molecule has 2 heterocycles. The summed E-state index contributed by atoms with van der Waals surface area (Å²) in [6.45, 7) is 5.92. The van der Waals surface area contributed by atoms with Crippen LogP contribution < -0.4 is 10.4 Å². The van der Waals surface area contributed by atoms with Gasteiger partial charge in [-0.15, -0.1) is 0 Å². The summed E-state index contributed by atoms with van der Waals surface area (Å²) in [6.07, 6.45) is 3.19. The maximum Gasteiger partial charge on any atom is 0.336 e. The van der Waals surface area contributed by atoms with Crippen LogP contribution in [0.4, 0.5) is 0 Å². The van der Waals surface area contributed by atoms with Crippen LogP contribution in [0.3, 0.4) is 0 Å². The molecule has 1 spiro atoms. The largest absolute Gasteiger partial charge is 0.462 e. The Morgan fingerprint density at radius 2 is 1.97 bits per heavy atom. The quantitative estimate of drug-likeness (QED) is 0.531. The number of aryl methyl sites for hydroxylation is 2. The Bertz CT molecular complexity index is 955. The Balaban J connectivity index is 0.00000256. The zero-order chi connectivity index (χ0) is 20.8. The highest BCUT2D eigenvalue weighted by molar-refractivity contribution is 7.09. The summed E-state index contributed by atoms with van der Waals surface area (Å²) < 4.78 is 29.9. The van der Waals surface area contributed by atoms with Crippen molar-refractivity contribution in [2.75, 3.05) is 7.11 Å².